The zero-order chi connectivity index (χ0) is 5.91. The number of rotatable bonds is 1. The van der Waals surface area contributed by atoms with Crippen LogP contribution in [0.2, 0.25) is 0 Å². The molecule has 0 aliphatic rings. The maximum Gasteiger partial charge on any atom is 0.343 e. The normalized spacial score (nSPS) is 10.6. The summed E-state index contributed by atoms with van der Waals surface area (Å²) >= 11 is 0. The van der Waals surface area contributed by atoms with E-state index in [0.717, 1.165) is 6.07 Å². The molecule has 40 valence electrons. The van der Waals surface area contributed by atoms with Crippen molar-refractivity contribution in [2.75, 3.05) is 6.54 Å². The summed E-state index contributed by atoms with van der Waals surface area (Å²) in [6.45, 7) is -0.899. The second-order valence-corrected chi connectivity index (χ2v) is 1.02. The smallest absolute Gasteiger partial charge is 0.324 e. The van der Waals surface area contributed by atoms with Gasteiger partial charge in [0.2, 0.25) is 0 Å². The van der Waals surface area contributed by atoms with E-state index < -0.39 is 12.5 Å². The highest BCUT2D eigenvalue weighted by atomic mass is 19.3. The van der Waals surface area contributed by atoms with Crippen molar-refractivity contribution in [3.05, 3.63) is 0 Å². The van der Waals surface area contributed by atoms with Crippen molar-refractivity contribution in [2.24, 2.45) is 5.73 Å². The van der Waals surface area contributed by atoms with Crippen LogP contribution in [0.4, 0.5) is 8.78 Å². The molecule has 0 saturated carbocycles. The lowest BCUT2D eigenvalue weighted by Crippen LogP contribution is -2.24. The highest BCUT2D eigenvalue weighted by Gasteiger charge is 2.24. The molecular weight excluding hydrogens is 102 g/mol. The van der Waals surface area contributed by atoms with E-state index in [1.807, 2.05) is 0 Å². The molecule has 2 N–H and O–H groups in total. The molecule has 0 aromatic heterocycles. The molecule has 0 rings (SSSR count). The molecule has 0 radical (unpaired) electrons. The van der Waals surface area contributed by atoms with Crippen LogP contribution in [0.5, 0.6) is 0 Å². The summed E-state index contributed by atoms with van der Waals surface area (Å²) in [4.78, 5) is 0. The van der Waals surface area contributed by atoms with Crippen molar-refractivity contribution < 1.29 is 8.78 Å². The first-order valence-corrected chi connectivity index (χ1v) is 1.61. The minimum absolute atomic E-state index is 0.733. The second kappa shape index (κ2) is 1.85. The summed E-state index contributed by atoms with van der Waals surface area (Å²) in [5.41, 5.74) is 4.44. The molecule has 0 atom stereocenters. The van der Waals surface area contributed by atoms with Crippen LogP contribution in [0, 0.1) is 11.3 Å². The Hall–Kier alpha value is -0.690. The lowest BCUT2D eigenvalue weighted by atomic mass is 10.4. The number of halogens is 2. The van der Waals surface area contributed by atoms with Gasteiger partial charge in [-0.25, -0.2) is 0 Å². The average molecular weight is 106 g/mol. The van der Waals surface area contributed by atoms with Crippen LogP contribution in [0.3, 0.4) is 0 Å². The fourth-order valence-corrected chi connectivity index (χ4v) is 0.0456. The van der Waals surface area contributed by atoms with Crippen molar-refractivity contribution in [1.82, 2.24) is 0 Å². The van der Waals surface area contributed by atoms with Gasteiger partial charge in [0.25, 0.3) is 0 Å². The Bertz CT molecular complexity index is 93.6. The van der Waals surface area contributed by atoms with Crippen LogP contribution >= 0.6 is 0 Å². The standard InChI is InChI=1S/C3H4F2N2/c4-3(5,1-6)2-7/h1,6H2. The first kappa shape index (κ1) is 6.31. The molecule has 0 spiro atoms. The molecular formula is C3H4F2N2. The first-order chi connectivity index (χ1) is 3.12. The van der Waals surface area contributed by atoms with E-state index in [-0.39, 0.29) is 0 Å². The lowest BCUT2D eigenvalue weighted by Gasteiger charge is -1.98. The minimum Gasteiger partial charge on any atom is -0.324 e. The van der Waals surface area contributed by atoms with E-state index in [0.29, 0.717) is 0 Å². The van der Waals surface area contributed by atoms with Gasteiger partial charge in [0.05, 0.1) is 6.54 Å². The lowest BCUT2D eigenvalue weighted by molar-refractivity contribution is 0.0740. The fraction of sp³-hybridized carbons (Fsp3) is 0.667. The van der Waals surface area contributed by atoms with Gasteiger partial charge in [-0.2, -0.15) is 14.0 Å². The topological polar surface area (TPSA) is 49.8 Å². The third kappa shape index (κ3) is 2.06. The van der Waals surface area contributed by atoms with Crippen molar-refractivity contribution >= 4 is 0 Å². The number of hydrogen-bond donors (Lipinski definition) is 1. The van der Waals surface area contributed by atoms with Crippen LogP contribution < -0.4 is 5.73 Å². The summed E-state index contributed by atoms with van der Waals surface area (Å²) in [6.07, 6.45) is 0. The number of nitrogens with two attached hydrogens (primary N) is 1. The molecule has 0 saturated heterocycles. The minimum atomic E-state index is -3.33. The van der Waals surface area contributed by atoms with Gasteiger partial charge < -0.3 is 5.73 Å². The Morgan fingerprint density at radius 2 is 2.14 bits per heavy atom. The Morgan fingerprint density at radius 1 is 1.71 bits per heavy atom. The van der Waals surface area contributed by atoms with Gasteiger partial charge in [0.1, 0.15) is 6.07 Å². The van der Waals surface area contributed by atoms with Gasteiger partial charge in [0.15, 0.2) is 0 Å². The van der Waals surface area contributed by atoms with Gasteiger partial charge in [-0.1, -0.05) is 0 Å². The van der Waals surface area contributed by atoms with E-state index in [1.165, 1.54) is 0 Å². The summed E-state index contributed by atoms with van der Waals surface area (Å²) < 4.78 is 22.8. The van der Waals surface area contributed by atoms with Crippen LogP contribution in [0.25, 0.3) is 0 Å². The van der Waals surface area contributed by atoms with Crippen molar-refractivity contribution in [3.63, 3.8) is 0 Å². The Kier molecular flexibility index (Phi) is 1.66. The molecule has 0 aromatic carbocycles. The molecule has 0 aliphatic carbocycles. The van der Waals surface area contributed by atoms with Crippen LogP contribution in [-0.2, 0) is 0 Å². The van der Waals surface area contributed by atoms with Crippen LogP contribution in [-0.4, -0.2) is 12.5 Å². The highest BCUT2D eigenvalue weighted by molar-refractivity contribution is 4.91. The molecule has 7 heavy (non-hydrogen) atoms. The maximum absolute atomic E-state index is 11.4. The zero-order valence-electron chi connectivity index (χ0n) is 3.49. The fourth-order valence-electron chi connectivity index (χ4n) is 0.0456. The molecule has 0 bridgehead atoms. The van der Waals surface area contributed by atoms with Gasteiger partial charge in [-0.05, 0) is 0 Å². The molecule has 0 amide bonds. The Balaban J connectivity index is 3.66. The van der Waals surface area contributed by atoms with E-state index in [2.05, 4.69) is 5.73 Å². The number of nitrogens with zero attached hydrogens (tertiary/aromatic N) is 1. The third-order valence-corrected chi connectivity index (χ3v) is 0.420. The second-order valence-electron chi connectivity index (χ2n) is 1.02. The molecule has 0 fully saturated rings. The molecule has 0 heterocycles. The summed E-state index contributed by atoms with van der Waals surface area (Å²) in [6, 6.07) is 0.733. The molecule has 4 heteroatoms. The van der Waals surface area contributed by atoms with Gasteiger partial charge in [0, 0.05) is 0 Å². The highest BCUT2D eigenvalue weighted by Crippen LogP contribution is 2.06. The average Bonchev–Trinajstić information content (AvgIpc) is 1.68. The number of alkyl halides is 2. The SMILES string of the molecule is N#CC(F)(F)CN. The third-order valence-electron chi connectivity index (χ3n) is 0.420. The van der Waals surface area contributed by atoms with Crippen molar-refractivity contribution in [2.45, 2.75) is 5.92 Å². The van der Waals surface area contributed by atoms with Gasteiger partial charge >= 0.3 is 5.92 Å². The van der Waals surface area contributed by atoms with Gasteiger partial charge in [-0.3, -0.25) is 0 Å². The van der Waals surface area contributed by atoms with Crippen molar-refractivity contribution in [3.8, 4) is 6.07 Å². The molecule has 0 aromatic rings. The Morgan fingerprint density at radius 3 is 2.14 bits per heavy atom. The van der Waals surface area contributed by atoms with Crippen LogP contribution in [0.15, 0.2) is 0 Å². The zero-order valence-corrected chi connectivity index (χ0v) is 3.49. The Labute approximate surface area is 39.5 Å². The van der Waals surface area contributed by atoms with Crippen molar-refractivity contribution in [1.29, 1.82) is 5.26 Å². The number of hydrogen-bond acceptors (Lipinski definition) is 2. The van der Waals surface area contributed by atoms with E-state index >= 15 is 0 Å². The first-order valence-electron chi connectivity index (χ1n) is 1.61. The monoisotopic (exact) mass is 106 g/mol. The van der Waals surface area contributed by atoms with Gasteiger partial charge in [-0.15, -0.1) is 0 Å². The summed E-state index contributed by atoms with van der Waals surface area (Å²) in [5, 5.41) is 7.51. The predicted octanol–water partition coefficient (Wildman–Crippen LogP) is 0.104. The summed E-state index contributed by atoms with van der Waals surface area (Å²) in [5.74, 6) is -3.33. The summed E-state index contributed by atoms with van der Waals surface area (Å²) in [7, 11) is 0. The van der Waals surface area contributed by atoms with Crippen LogP contribution in [0.1, 0.15) is 0 Å². The quantitative estimate of drug-likeness (QED) is 0.515. The predicted molar refractivity (Wildman–Crippen MR) is 19.6 cm³/mol. The van der Waals surface area contributed by atoms with E-state index in [1.54, 1.807) is 0 Å². The molecule has 0 aliphatic heterocycles. The largest absolute Gasteiger partial charge is 0.343 e. The maximum atomic E-state index is 11.4. The van der Waals surface area contributed by atoms with E-state index in [4.69, 9.17) is 5.26 Å². The van der Waals surface area contributed by atoms with E-state index in [9.17, 15) is 8.78 Å². The molecule has 0 unspecified atom stereocenters. The number of nitriles is 1. The molecule has 2 nitrogen and oxygen atoms in total.